The van der Waals surface area contributed by atoms with Gasteiger partial charge in [-0.05, 0) is 38.6 Å². The van der Waals surface area contributed by atoms with E-state index in [2.05, 4.69) is 4.98 Å². The standard InChI is InChI=1S/C16H25N3O3S/c17-7-3-1-2-6-14-18-13(11-23-14)9-15(20)19-8-4-5-12(10-19)16(21)22/h11-12H,1-10,17H2,(H,21,22). The fourth-order valence-electron chi connectivity index (χ4n) is 2.81. The van der Waals surface area contributed by atoms with E-state index in [0.717, 1.165) is 49.4 Å². The number of aromatic nitrogens is 1. The van der Waals surface area contributed by atoms with Gasteiger partial charge in [-0.1, -0.05) is 6.42 Å². The van der Waals surface area contributed by atoms with E-state index < -0.39 is 11.9 Å². The molecule has 0 saturated carbocycles. The molecule has 2 heterocycles. The number of hydrogen-bond donors (Lipinski definition) is 2. The van der Waals surface area contributed by atoms with Crippen LogP contribution in [-0.4, -0.2) is 46.5 Å². The number of carbonyl (C=O) groups excluding carboxylic acids is 1. The normalized spacial score (nSPS) is 18.1. The highest BCUT2D eigenvalue weighted by atomic mass is 32.1. The van der Waals surface area contributed by atoms with Crippen LogP contribution < -0.4 is 5.73 Å². The molecule has 0 aliphatic carbocycles. The molecule has 1 aromatic rings. The Morgan fingerprint density at radius 2 is 2.22 bits per heavy atom. The van der Waals surface area contributed by atoms with Crippen LogP contribution in [0.25, 0.3) is 0 Å². The number of unbranched alkanes of at least 4 members (excludes halogenated alkanes) is 2. The number of thiazole rings is 1. The summed E-state index contributed by atoms with van der Waals surface area (Å²) in [7, 11) is 0. The topological polar surface area (TPSA) is 96.5 Å². The first-order chi connectivity index (χ1) is 11.1. The number of aryl methyl sites for hydroxylation is 1. The number of piperidine rings is 1. The highest BCUT2D eigenvalue weighted by molar-refractivity contribution is 7.09. The molecule has 1 aromatic heterocycles. The Hall–Kier alpha value is -1.47. The number of amides is 1. The molecule has 3 N–H and O–H groups in total. The maximum absolute atomic E-state index is 12.3. The van der Waals surface area contributed by atoms with E-state index in [1.165, 1.54) is 0 Å². The average molecular weight is 339 g/mol. The minimum atomic E-state index is -0.809. The Morgan fingerprint density at radius 1 is 1.39 bits per heavy atom. The fraction of sp³-hybridized carbons (Fsp3) is 0.688. The van der Waals surface area contributed by atoms with Gasteiger partial charge >= 0.3 is 5.97 Å². The molecule has 1 aliphatic rings. The van der Waals surface area contributed by atoms with E-state index >= 15 is 0 Å². The summed E-state index contributed by atoms with van der Waals surface area (Å²) in [6.45, 7) is 1.70. The zero-order chi connectivity index (χ0) is 16.7. The maximum atomic E-state index is 12.3. The Balaban J connectivity index is 1.81. The van der Waals surface area contributed by atoms with Gasteiger partial charge in [0.2, 0.25) is 5.91 Å². The first kappa shape index (κ1) is 17.9. The molecular formula is C16H25N3O3S. The summed E-state index contributed by atoms with van der Waals surface area (Å²) in [5.41, 5.74) is 6.27. The Kier molecular flexibility index (Phi) is 6.98. The van der Waals surface area contributed by atoms with Crippen molar-refractivity contribution < 1.29 is 14.7 Å². The van der Waals surface area contributed by atoms with Crippen molar-refractivity contribution in [1.29, 1.82) is 0 Å². The molecule has 0 aromatic carbocycles. The lowest BCUT2D eigenvalue weighted by Crippen LogP contribution is -2.43. The smallest absolute Gasteiger partial charge is 0.308 e. The van der Waals surface area contributed by atoms with Gasteiger partial charge in [0.1, 0.15) is 0 Å². The van der Waals surface area contributed by atoms with Crippen LogP contribution in [0.4, 0.5) is 0 Å². The molecule has 1 atom stereocenters. The molecule has 1 fully saturated rings. The molecule has 1 amide bonds. The van der Waals surface area contributed by atoms with Gasteiger partial charge in [-0.15, -0.1) is 11.3 Å². The number of rotatable bonds is 8. The van der Waals surface area contributed by atoms with Crippen LogP contribution in [0.5, 0.6) is 0 Å². The number of nitrogens with zero attached hydrogens (tertiary/aromatic N) is 2. The lowest BCUT2D eigenvalue weighted by Gasteiger charge is -2.30. The van der Waals surface area contributed by atoms with Gasteiger partial charge in [0.25, 0.3) is 0 Å². The van der Waals surface area contributed by atoms with Crippen molar-refractivity contribution in [3.63, 3.8) is 0 Å². The summed E-state index contributed by atoms with van der Waals surface area (Å²) < 4.78 is 0. The Morgan fingerprint density at radius 3 is 2.96 bits per heavy atom. The van der Waals surface area contributed by atoms with Crippen molar-refractivity contribution >= 4 is 23.2 Å². The molecule has 128 valence electrons. The first-order valence-electron chi connectivity index (χ1n) is 8.24. The van der Waals surface area contributed by atoms with E-state index in [1.54, 1.807) is 16.2 Å². The van der Waals surface area contributed by atoms with E-state index in [9.17, 15) is 9.59 Å². The van der Waals surface area contributed by atoms with Crippen molar-refractivity contribution in [2.75, 3.05) is 19.6 Å². The average Bonchev–Trinajstić information content (AvgIpc) is 2.99. The number of hydrogen-bond acceptors (Lipinski definition) is 5. The van der Waals surface area contributed by atoms with Crippen LogP contribution in [0.2, 0.25) is 0 Å². The Bertz CT molecular complexity index is 532. The minimum absolute atomic E-state index is 0.0177. The number of carboxylic acid groups (broad SMARTS) is 1. The van der Waals surface area contributed by atoms with Gasteiger partial charge in [-0.25, -0.2) is 4.98 Å². The predicted molar refractivity (Wildman–Crippen MR) is 89.4 cm³/mol. The second-order valence-electron chi connectivity index (χ2n) is 6.03. The van der Waals surface area contributed by atoms with Gasteiger partial charge in [0.15, 0.2) is 0 Å². The predicted octanol–water partition coefficient (Wildman–Crippen LogP) is 1.68. The number of aliphatic carboxylic acids is 1. The quantitative estimate of drug-likeness (QED) is 0.702. The molecule has 2 rings (SSSR count). The second kappa shape index (κ2) is 8.98. The van der Waals surface area contributed by atoms with Gasteiger partial charge in [0, 0.05) is 18.5 Å². The van der Waals surface area contributed by atoms with Gasteiger partial charge in [0.05, 0.1) is 23.0 Å². The van der Waals surface area contributed by atoms with E-state index in [-0.39, 0.29) is 12.3 Å². The molecule has 0 spiro atoms. The van der Waals surface area contributed by atoms with Crippen LogP contribution in [-0.2, 0) is 22.4 Å². The van der Waals surface area contributed by atoms with E-state index in [4.69, 9.17) is 10.8 Å². The molecule has 6 nitrogen and oxygen atoms in total. The van der Waals surface area contributed by atoms with Crippen LogP contribution in [0, 0.1) is 5.92 Å². The lowest BCUT2D eigenvalue weighted by atomic mass is 9.98. The molecule has 0 radical (unpaired) electrons. The molecular weight excluding hydrogens is 314 g/mol. The van der Waals surface area contributed by atoms with Crippen LogP contribution in [0.1, 0.15) is 42.8 Å². The summed E-state index contributed by atoms with van der Waals surface area (Å²) in [4.78, 5) is 29.6. The summed E-state index contributed by atoms with van der Waals surface area (Å²) in [6, 6.07) is 0. The summed E-state index contributed by atoms with van der Waals surface area (Å²) in [6.07, 6.45) is 5.83. The molecule has 1 aliphatic heterocycles. The number of carbonyl (C=O) groups is 2. The van der Waals surface area contributed by atoms with E-state index in [0.29, 0.717) is 19.5 Å². The third-order valence-corrected chi connectivity index (χ3v) is 5.11. The Labute approximate surface area is 140 Å². The zero-order valence-corrected chi connectivity index (χ0v) is 14.2. The maximum Gasteiger partial charge on any atom is 0.308 e. The third-order valence-electron chi connectivity index (χ3n) is 4.15. The number of carboxylic acids is 1. The monoisotopic (exact) mass is 339 g/mol. The minimum Gasteiger partial charge on any atom is -0.481 e. The van der Waals surface area contributed by atoms with E-state index in [1.807, 2.05) is 5.38 Å². The highest BCUT2D eigenvalue weighted by Crippen LogP contribution is 2.19. The fourth-order valence-corrected chi connectivity index (χ4v) is 3.65. The van der Waals surface area contributed by atoms with Crippen molar-refractivity contribution in [2.45, 2.75) is 44.9 Å². The molecule has 23 heavy (non-hydrogen) atoms. The molecule has 0 bridgehead atoms. The second-order valence-corrected chi connectivity index (χ2v) is 6.97. The molecule has 1 saturated heterocycles. The summed E-state index contributed by atoms with van der Waals surface area (Å²) in [5, 5.41) is 12.1. The van der Waals surface area contributed by atoms with Crippen molar-refractivity contribution in [2.24, 2.45) is 11.7 Å². The number of likely N-dealkylation sites (tertiary alicyclic amines) is 1. The zero-order valence-electron chi connectivity index (χ0n) is 13.4. The SMILES string of the molecule is NCCCCCc1nc(CC(=O)N2CCCC(C(=O)O)C2)cs1. The van der Waals surface area contributed by atoms with Crippen LogP contribution in [0.3, 0.4) is 0 Å². The van der Waals surface area contributed by atoms with Crippen molar-refractivity contribution in [3.05, 3.63) is 16.1 Å². The third kappa shape index (κ3) is 5.58. The van der Waals surface area contributed by atoms with Gasteiger partial charge in [-0.3, -0.25) is 9.59 Å². The largest absolute Gasteiger partial charge is 0.481 e. The van der Waals surface area contributed by atoms with Gasteiger partial charge in [-0.2, -0.15) is 0 Å². The summed E-state index contributed by atoms with van der Waals surface area (Å²) in [5.74, 6) is -1.26. The summed E-state index contributed by atoms with van der Waals surface area (Å²) >= 11 is 1.59. The highest BCUT2D eigenvalue weighted by Gasteiger charge is 2.28. The molecule has 1 unspecified atom stereocenters. The lowest BCUT2D eigenvalue weighted by molar-refractivity contribution is -0.145. The van der Waals surface area contributed by atoms with Crippen molar-refractivity contribution in [3.8, 4) is 0 Å². The van der Waals surface area contributed by atoms with Crippen molar-refractivity contribution in [1.82, 2.24) is 9.88 Å². The van der Waals surface area contributed by atoms with Gasteiger partial charge < -0.3 is 15.7 Å². The first-order valence-corrected chi connectivity index (χ1v) is 9.12. The number of nitrogens with two attached hydrogens (primary N) is 1. The van der Waals surface area contributed by atoms with Crippen LogP contribution in [0.15, 0.2) is 5.38 Å². The van der Waals surface area contributed by atoms with Crippen LogP contribution >= 0.6 is 11.3 Å². The molecule has 7 heteroatoms.